The molecule has 1 aliphatic rings. The third-order valence-electron chi connectivity index (χ3n) is 2.96. The fourth-order valence-electron chi connectivity index (χ4n) is 1.82. The lowest BCUT2D eigenvalue weighted by Crippen LogP contribution is -2.32. The highest BCUT2D eigenvalue weighted by atomic mass is 32.2. The van der Waals surface area contributed by atoms with Crippen molar-refractivity contribution in [2.45, 2.75) is 44.8 Å². The molecule has 1 N–H and O–H groups in total. The maximum atomic E-state index is 11.8. The van der Waals surface area contributed by atoms with Gasteiger partial charge >= 0.3 is 0 Å². The van der Waals surface area contributed by atoms with Crippen LogP contribution < -0.4 is 5.32 Å². The van der Waals surface area contributed by atoms with Crippen molar-refractivity contribution in [3.63, 3.8) is 0 Å². The van der Waals surface area contributed by atoms with E-state index in [4.69, 9.17) is 0 Å². The summed E-state index contributed by atoms with van der Waals surface area (Å²) in [5, 5.41) is 3.43. The maximum absolute atomic E-state index is 11.8. The molecule has 0 saturated carbocycles. The van der Waals surface area contributed by atoms with Crippen molar-refractivity contribution < 1.29 is 4.21 Å². The normalized spacial score (nSPS) is 23.3. The van der Waals surface area contributed by atoms with Crippen molar-refractivity contribution in [1.82, 2.24) is 5.32 Å². The van der Waals surface area contributed by atoms with E-state index >= 15 is 0 Å². The average Bonchev–Trinajstić information content (AvgIpc) is 2.24. The largest absolute Gasteiger partial charge is 0.316 e. The Kier molecular flexibility index (Phi) is 5.70. The van der Waals surface area contributed by atoms with E-state index in [2.05, 4.69) is 17.5 Å². The summed E-state index contributed by atoms with van der Waals surface area (Å²) in [5.74, 6) is 1.56. The van der Waals surface area contributed by atoms with Crippen LogP contribution in [-0.4, -0.2) is 27.8 Å². The van der Waals surface area contributed by atoms with Crippen LogP contribution >= 0.6 is 0 Å². The third kappa shape index (κ3) is 5.26. The number of rotatable bonds is 5. The molecular formula is C13H25NOS. The van der Waals surface area contributed by atoms with Gasteiger partial charge in [0.15, 0.2) is 0 Å². The zero-order valence-electron chi connectivity index (χ0n) is 10.8. The SMILES string of the molecule is CC(C)(C)S(=O)CCNCC1CC=CCC1. The van der Waals surface area contributed by atoms with Crippen LogP contribution in [0.2, 0.25) is 0 Å². The predicted octanol–water partition coefficient (Wildman–Crippen LogP) is 2.48. The molecular weight excluding hydrogens is 218 g/mol. The van der Waals surface area contributed by atoms with Gasteiger partial charge in [-0.25, -0.2) is 0 Å². The minimum Gasteiger partial charge on any atom is -0.316 e. The molecule has 0 radical (unpaired) electrons. The Bertz CT molecular complexity index is 255. The summed E-state index contributed by atoms with van der Waals surface area (Å²) < 4.78 is 11.7. The number of hydrogen-bond acceptors (Lipinski definition) is 2. The molecule has 0 heterocycles. The standard InChI is InChI=1S/C13H25NOS/c1-13(2,3)16(15)10-9-14-11-12-7-5-4-6-8-12/h4-5,12,14H,6-11H2,1-3H3. The summed E-state index contributed by atoms with van der Waals surface area (Å²) in [6, 6.07) is 0. The van der Waals surface area contributed by atoms with Gasteiger partial charge in [-0.15, -0.1) is 0 Å². The molecule has 0 aliphatic heterocycles. The first-order chi connectivity index (χ1) is 7.50. The fraction of sp³-hybridized carbons (Fsp3) is 0.846. The van der Waals surface area contributed by atoms with Crippen LogP contribution in [0.5, 0.6) is 0 Å². The van der Waals surface area contributed by atoms with Gasteiger partial charge in [-0.3, -0.25) is 4.21 Å². The summed E-state index contributed by atoms with van der Waals surface area (Å²) in [5.41, 5.74) is 0. The van der Waals surface area contributed by atoms with Gasteiger partial charge in [0.1, 0.15) is 0 Å². The van der Waals surface area contributed by atoms with Gasteiger partial charge in [-0.05, 0) is 52.5 Å². The first-order valence-corrected chi connectivity index (χ1v) is 7.56. The van der Waals surface area contributed by atoms with E-state index in [9.17, 15) is 4.21 Å². The van der Waals surface area contributed by atoms with Gasteiger partial charge < -0.3 is 5.32 Å². The van der Waals surface area contributed by atoms with Crippen LogP contribution in [0.25, 0.3) is 0 Å². The predicted molar refractivity (Wildman–Crippen MR) is 72.1 cm³/mol. The van der Waals surface area contributed by atoms with E-state index in [1.807, 2.05) is 20.8 Å². The Morgan fingerprint density at radius 3 is 2.69 bits per heavy atom. The Hall–Kier alpha value is -0.150. The Balaban J connectivity index is 2.08. The summed E-state index contributed by atoms with van der Waals surface area (Å²) in [6.45, 7) is 8.06. The van der Waals surface area contributed by atoms with Crippen molar-refractivity contribution in [2.75, 3.05) is 18.8 Å². The van der Waals surface area contributed by atoms with Crippen LogP contribution in [0.4, 0.5) is 0 Å². The maximum Gasteiger partial charge on any atom is 0.0375 e. The molecule has 0 saturated heterocycles. The third-order valence-corrected chi connectivity index (χ3v) is 4.90. The van der Waals surface area contributed by atoms with Gasteiger partial charge in [0, 0.05) is 27.8 Å². The minimum atomic E-state index is -0.720. The molecule has 0 aromatic heterocycles. The smallest absolute Gasteiger partial charge is 0.0375 e. The van der Waals surface area contributed by atoms with Crippen molar-refractivity contribution >= 4 is 10.8 Å². The molecule has 1 aliphatic carbocycles. The summed E-state index contributed by atoms with van der Waals surface area (Å²) in [7, 11) is -0.720. The number of nitrogens with one attached hydrogen (secondary N) is 1. The monoisotopic (exact) mass is 243 g/mol. The van der Waals surface area contributed by atoms with E-state index in [1.54, 1.807) is 0 Å². The Morgan fingerprint density at radius 2 is 2.12 bits per heavy atom. The second kappa shape index (κ2) is 6.55. The average molecular weight is 243 g/mol. The van der Waals surface area contributed by atoms with Crippen LogP contribution in [0.15, 0.2) is 12.2 Å². The first kappa shape index (κ1) is 13.9. The summed E-state index contributed by atoms with van der Waals surface area (Å²) in [4.78, 5) is 0. The highest BCUT2D eigenvalue weighted by Gasteiger charge is 2.18. The van der Waals surface area contributed by atoms with Crippen molar-refractivity contribution in [3.05, 3.63) is 12.2 Å². The first-order valence-electron chi connectivity index (χ1n) is 6.24. The van der Waals surface area contributed by atoms with Crippen LogP contribution in [-0.2, 0) is 10.8 Å². The lowest BCUT2D eigenvalue weighted by Gasteiger charge is -2.20. The lowest BCUT2D eigenvalue weighted by atomic mass is 9.94. The molecule has 2 unspecified atom stereocenters. The molecule has 16 heavy (non-hydrogen) atoms. The number of hydrogen-bond donors (Lipinski definition) is 1. The zero-order chi connectivity index (χ0) is 12.0. The highest BCUT2D eigenvalue weighted by Crippen LogP contribution is 2.16. The lowest BCUT2D eigenvalue weighted by molar-refractivity contribution is 0.447. The molecule has 2 nitrogen and oxygen atoms in total. The molecule has 0 aromatic rings. The van der Waals surface area contributed by atoms with Crippen LogP contribution in [0.1, 0.15) is 40.0 Å². The van der Waals surface area contributed by atoms with E-state index < -0.39 is 10.8 Å². The molecule has 0 spiro atoms. The summed E-state index contributed by atoms with van der Waals surface area (Å²) >= 11 is 0. The summed E-state index contributed by atoms with van der Waals surface area (Å²) in [6.07, 6.45) is 8.27. The molecule has 0 bridgehead atoms. The Labute approximate surface area is 102 Å². The minimum absolute atomic E-state index is 0.0742. The topological polar surface area (TPSA) is 29.1 Å². The van der Waals surface area contributed by atoms with Crippen molar-refractivity contribution in [2.24, 2.45) is 5.92 Å². The molecule has 0 fully saturated rings. The fourth-order valence-corrected chi connectivity index (χ4v) is 2.76. The van der Waals surface area contributed by atoms with Crippen molar-refractivity contribution in [3.8, 4) is 0 Å². The highest BCUT2D eigenvalue weighted by molar-refractivity contribution is 7.86. The van der Waals surface area contributed by atoms with Gasteiger partial charge in [0.25, 0.3) is 0 Å². The van der Waals surface area contributed by atoms with Gasteiger partial charge in [-0.1, -0.05) is 12.2 Å². The molecule has 0 amide bonds. The molecule has 94 valence electrons. The molecule has 2 atom stereocenters. The van der Waals surface area contributed by atoms with Gasteiger partial charge in [-0.2, -0.15) is 0 Å². The van der Waals surface area contributed by atoms with E-state index in [0.717, 1.165) is 24.8 Å². The van der Waals surface area contributed by atoms with E-state index in [-0.39, 0.29) is 4.75 Å². The molecule has 0 aromatic carbocycles. The van der Waals surface area contributed by atoms with Crippen LogP contribution in [0, 0.1) is 5.92 Å². The van der Waals surface area contributed by atoms with E-state index in [1.165, 1.54) is 19.3 Å². The quantitative estimate of drug-likeness (QED) is 0.594. The van der Waals surface area contributed by atoms with Crippen molar-refractivity contribution in [1.29, 1.82) is 0 Å². The molecule has 1 rings (SSSR count). The Morgan fingerprint density at radius 1 is 1.38 bits per heavy atom. The zero-order valence-corrected chi connectivity index (χ0v) is 11.6. The van der Waals surface area contributed by atoms with Gasteiger partial charge in [0.05, 0.1) is 0 Å². The molecule has 3 heteroatoms. The number of allylic oxidation sites excluding steroid dienone is 2. The second-order valence-corrected chi connectivity index (χ2v) is 7.84. The van der Waals surface area contributed by atoms with E-state index in [0.29, 0.717) is 0 Å². The van der Waals surface area contributed by atoms with Crippen LogP contribution in [0.3, 0.4) is 0 Å². The van der Waals surface area contributed by atoms with Gasteiger partial charge in [0.2, 0.25) is 0 Å². The second-order valence-electron chi connectivity index (χ2n) is 5.52.